The largest absolute Gasteiger partial charge is 0.478 e. The van der Waals surface area contributed by atoms with Gasteiger partial charge in [-0.15, -0.1) is 0 Å². The third kappa shape index (κ3) is 2.59. The van der Waals surface area contributed by atoms with Crippen LogP contribution in [0.15, 0.2) is 42.5 Å². The number of hydrogen-bond acceptors (Lipinski definition) is 4. The summed E-state index contributed by atoms with van der Waals surface area (Å²) in [5.41, 5.74) is 0.340. The number of para-hydroxylation sites is 2. The first-order valence-electron chi connectivity index (χ1n) is 5.75. The van der Waals surface area contributed by atoms with Crippen LogP contribution in [-0.4, -0.2) is 16.0 Å². The van der Waals surface area contributed by atoms with E-state index >= 15 is 0 Å². The number of ether oxygens (including phenoxy) is 1. The average Bonchev–Trinajstić information content (AvgIpc) is 2.41. The van der Waals surface area contributed by atoms with Crippen molar-refractivity contribution in [1.29, 1.82) is 0 Å². The number of hydrogen-bond donors (Lipinski definition) is 1. The van der Waals surface area contributed by atoms with Crippen LogP contribution in [0.1, 0.15) is 15.9 Å². The Kier molecular flexibility index (Phi) is 3.65. The van der Waals surface area contributed by atoms with Crippen molar-refractivity contribution in [3.05, 3.63) is 63.7 Å². The summed E-state index contributed by atoms with van der Waals surface area (Å²) < 4.78 is 5.49. The zero-order valence-corrected chi connectivity index (χ0v) is 10.6. The SMILES string of the molecule is Cc1c(Oc2ccccc2[N+](=O)[O-])cccc1C(=O)O. The molecule has 0 unspecified atom stereocenters. The smallest absolute Gasteiger partial charge is 0.336 e. The van der Waals surface area contributed by atoms with Crippen LogP contribution in [0.25, 0.3) is 0 Å². The average molecular weight is 273 g/mol. The molecule has 2 rings (SSSR count). The highest BCUT2D eigenvalue weighted by Gasteiger charge is 2.17. The molecule has 102 valence electrons. The summed E-state index contributed by atoms with van der Waals surface area (Å²) >= 11 is 0. The number of rotatable bonds is 4. The predicted molar refractivity (Wildman–Crippen MR) is 71.3 cm³/mol. The molecule has 6 nitrogen and oxygen atoms in total. The Labute approximate surface area is 114 Å². The van der Waals surface area contributed by atoms with E-state index in [0.717, 1.165) is 0 Å². The van der Waals surface area contributed by atoms with Crippen LogP contribution < -0.4 is 4.74 Å². The summed E-state index contributed by atoms with van der Waals surface area (Å²) in [5, 5.41) is 19.9. The quantitative estimate of drug-likeness (QED) is 0.681. The number of aromatic carboxylic acids is 1. The number of nitro benzene ring substituents is 1. The molecule has 0 saturated carbocycles. The number of benzene rings is 2. The van der Waals surface area contributed by atoms with Gasteiger partial charge < -0.3 is 9.84 Å². The topological polar surface area (TPSA) is 89.7 Å². The highest BCUT2D eigenvalue weighted by molar-refractivity contribution is 5.90. The van der Waals surface area contributed by atoms with Gasteiger partial charge in [-0.2, -0.15) is 0 Å². The lowest BCUT2D eigenvalue weighted by molar-refractivity contribution is -0.385. The summed E-state index contributed by atoms with van der Waals surface area (Å²) in [6.07, 6.45) is 0. The first-order chi connectivity index (χ1) is 9.50. The third-order valence-electron chi connectivity index (χ3n) is 2.80. The van der Waals surface area contributed by atoms with E-state index in [4.69, 9.17) is 9.84 Å². The second-order valence-electron chi connectivity index (χ2n) is 4.06. The minimum absolute atomic E-state index is 0.0724. The Hall–Kier alpha value is -2.89. The van der Waals surface area contributed by atoms with Gasteiger partial charge in [-0.25, -0.2) is 4.79 Å². The van der Waals surface area contributed by atoms with Gasteiger partial charge in [0.05, 0.1) is 10.5 Å². The van der Waals surface area contributed by atoms with Gasteiger partial charge in [0.2, 0.25) is 5.75 Å². The number of carbonyl (C=O) groups is 1. The van der Waals surface area contributed by atoms with Crippen molar-refractivity contribution >= 4 is 11.7 Å². The van der Waals surface area contributed by atoms with E-state index in [-0.39, 0.29) is 22.7 Å². The monoisotopic (exact) mass is 273 g/mol. The van der Waals surface area contributed by atoms with E-state index in [9.17, 15) is 14.9 Å². The minimum Gasteiger partial charge on any atom is -0.478 e. The number of carboxylic acid groups (broad SMARTS) is 1. The van der Waals surface area contributed by atoms with Crippen LogP contribution in [0.4, 0.5) is 5.69 Å². The molecule has 0 atom stereocenters. The first-order valence-corrected chi connectivity index (χ1v) is 5.75. The molecule has 0 aliphatic carbocycles. The van der Waals surface area contributed by atoms with Crippen molar-refractivity contribution in [1.82, 2.24) is 0 Å². The lowest BCUT2D eigenvalue weighted by atomic mass is 10.1. The Morgan fingerprint density at radius 1 is 1.15 bits per heavy atom. The van der Waals surface area contributed by atoms with Crippen LogP contribution >= 0.6 is 0 Å². The first kappa shape index (κ1) is 13.5. The summed E-state index contributed by atoms with van der Waals surface area (Å²) in [4.78, 5) is 21.4. The van der Waals surface area contributed by atoms with Crippen molar-refractivity contribution in [2.45, 2.75) is 6.92 Å². The highest BCUT2D eigenvalue weighted by Crippen LogP contribution is 2.33. The van der Waals surface area contributed by atoms with E-state index in [0.29, 0.717) is 5.56 Å². The lowest BCUT2D eigenvalue weighted by Gasteiger charge is -2.10. The fourth-order valence-electron chi connectivity index (χ4n) is 1.77. The molecule has 2 aromatic rings. The van der Waals surface area contributed by atoms with Crippen LogP contribution in [0.2, 0.25) is 0 Å². The molecule has 0 aliphatic rings. The fraction of sp³-hybridized carbons (Fsp3) is 0.0714. The number of nitro groups is 1. The van der Waals surface area contributed by atoms with Gasteiger partial charge in [-0.1, -0.05) is 18.2 Å². The van der Waals surface area contributed by atoms with Crippen LogP contribution in [0.3, 0.4) is 0 Å². The van der Waals surface area contributed by atoms with Crippen molar-refractivity contribution in [2.24, 2.45) is 0 Å². The van der Waals surface area contributed by atoms with Gasteiger partial charge in [0.15, 0.2) is 0 Å². The minimum atomic E-state index is -1.07. The third-order valence-corrected chi connectivity index (χ3v) is 2.80. The molecule has 0 amide bonds. The summed E-state index contributed by atoms with van der Waals surface area (Å²) in [6.45, 7) is 1.59. The molecule has 0 saturated heterocycles. The maximum absolute atomic E-state index is 11.0. The van der Waals surface area contributed by atoms with Gasteiger partial charge >= 0.3 is 11.7 Å². The summed E-state index contributed by atoms with van der Waals surface area (Å²) in [5.74, 6) is -0.724. The molecular formula is C14H11NO5. The molecule has 20 heavy (non-hydrogen) atoms. The van der Waals surface area contributed by atoms with Crippen LogP contribution in [0, 0.1) is 17.0 Å². The Balaban J connectivity index is 2.43. The Morgan fingerprint density at radius 2 is 1.80 bits per heavy atom. The van der Waals surface area contributed by atoms with E-state index in [1.54, 1.807) is 19.1 Å². The summed E-state index contributed by atoms with van der Waals surface area (Å²) in [6, 6.07) is 10.5. The Morgan fingerprint density at radius 3 is 2.45 bits per heavy atom. The molecule has 1 N–H and O–H groups in total. The second-order valence-corrected chi connectivity index (χ2v) is 4.06. The summed E-state index contributed by atoms with van der Waals surface area (Å²) in [7, 11) is 0. The molecule has 0 aromatic heterocycles. The van der Waals surface area contributed by atoms with Gasteiger partial charge in [0.25, 0.3) is 0 Å². The molecule has 0 heterocycles. The molecule has 0 radical (unpaired) electrons. The van der Waals surface area contributed by atoms with Crippen molar-refractivity contribution in [3.8, 4) is 11.5 Å². The number of carboxylic acids is 1. The zero-order valence-electron chi connectivity index (χ0n) is 10.6. The van der Waals surface area contributed by atoms with Crippen molar-refractivity contribution < 1.29 is 19.6 Å². The highest BCUT2D eigenvalue weighted by atomic mass is 16.6. The van der Waals surface area contributed by atoms with E-state index in [1.165, 1.54) is 30.3 Å². The normalized spacial score (nSPS) is 10.1. The van der Waals surface area contributed by atoms with Gasteiger partial charge in [-0.05, 0) is 25.1 Å². The predicted octanol–water partition coefficient (Wildman–Crippen LogP) is 3.39. The zero-order chi connectivity index (χ0) is 14.7. The lowest BCUT2D eigenvalue weighted by Crippen LogP contribution is -2.01. The second kappa shape index (κ2) is 5.40. The Bertz CT molecular complexity index is 681. The maximum atomic E-state index is 11.0. The van der Waals surface area contributed by atoms with E-state index in [2.05, 4.69) is 0 Å². The molecule has 6 heteroatoms. The maximum Gasteiger partial charge on any atom is 0.336 e. The molecule has 0 spiro atoms. The van der Waals surface area contributed by atoms with Gasteiger partial charge in [0, 0.05) is 11.6 Å². The van der Waals surface area contributed by atoms with E-state index in [1.807, 2.05) is 0 Å². The van der Waals surface area contributed by atoms with Gasteiger partial charge in [0.1, 0.15) is 5.75 Å². The van der Waals surface area contributed by atoms with Gasteiger partial charge in [-0.3, -0.25) is 10.1 Å². The fourth-order valence-corrected chi connectivity index (χ4v) is 1.77. The van der Waals surface area contributed by atoms with E-state index < -0.39 is 10.9 Å². The van der Waals surface area contributed by atoms with Crippen molar-refractivity contribution in [3.63, 3.8) is 0 Å². The molecule has 0 aliphatic heterocycles. The molecule has 0 bridgehead atoms. The van der Waals surface area contributed by atoms with Crippen LogP contribution in [-0.2, 0) is 0 Å². The van der Waals surface area contributed by atoms with Crippen molar-refractivity contribution in [2.75, 3.05) is 0 Å². The number of nitrogens with zero attached hydrogens (tertiary/aromatic N) is 1. The molecular weight excluding hydrogens is 262 g/mol. The standard InChI is InChI=1S/C14H11NO5/c1-9-10(14(16)17)5-4-8-12(9)20-13-7-3-2-6-11(13)15(18)19/h2-8H,1H3,(H,16,17). The molecule has 2 aromatic carbocycles. The molecule has 0 fully saturated rings. The van der Waals surface area contributed by atoms with Crippen LogP contribution in [0.5, 0.6) is 11.5 Å².